The van der Waals surface area contributed by atoms with E-state index in [0.29, 0.717) is 56.1 Å². The standard InChI is InChI=1S/C41H43F3N2O5/c1-26(47)50-33-16-15-30-24-34-40(49)19-18-32(38-39(40,36(30)37(33)51-38)20-22-45(34)25-29-12-13-29)46(21-6-10-27-7-3-2-4-8-27)35(48)17-14-28-9-5-11-31(23-28)41(42,43)44/h2-5,7-9,11,14-17,23,29,32,34,38,49H,6,10,12-13,18-22,24-25H2,1H3/t32-,34-,38+,39+,40-/m1/s1. The van der Waals surface area contributed by atoms with Crippen LogP contribution in [0.3, 0.4) is 0 Å². The molecule has 51 heavy (non-hydrogen) atoms. The monoisotopic (exact) mass is 700 g/mol. The molecule has 10 heteroatoms. The van der Waals surface area contributed by atoms with E-state index in [1.54, 1.807) is 12.1 Å². The van der Waals surface area contributed by atoms with Gasteiger partial charge in [0.25, 0.3) is 0 Å². The lowest BCUT2D eigenvalue weighted by Gasteiger charge is -2.65. The third kappa shape index (κ3) is 5.94. The predicted octanol–water partition coefficient (Wildman–Crippen LogP) is 6.74. The van der Waals surface area contributed by atoms with Gasteiger partial charge in [-0.05, 0) is 105 Å². The van der Waals surface area contributed by atoms with Gasteiger partial charge in [-0.1, -0.05) is 48.5 Å². The summed E-state index contributed by atoms with van der Waals surface area (Å²) in [6.45, 7) is 3.47. The van der Waals surface area contributed by atoms with Crippen molar-refractivity contribution in [3.8, 4) is 11.5 Å². The summed E-state index contributed by atoms with van der Waals surface area (Å²) in [5.74, 6) is 0.643. The van der Waals surface area contributed by atoms with Crippen molar-refractivity contribution in [3.63, 3.8) is 0 Å². The number of piperidine rings is 1. The molecule has 7 nitrogen and oxygen atoms in total. The van der Waals surface area contributed by atoms with Gasteiger partial charge in [0.05, 0.1) is 22.6 Å². The van der Waals surface area contributed by atoms with E-state index in [4.69, 9.17) is 9.47 Å². The number of aryl methyl sites for hydroxylation is 1. The summed E-state index contributed by atoms with van der Waals surface area (Å²) < 4.78 is 53.0. The highest BCUT2D eigenvalue weighted by Crippen LogP contribution is 2.66. The van der Waals surface area contributed by atoms with E-state index >= 15 is 0 Å². The fourth-order valence-corrected chi connectivity index (χ4v) is 9.62. The molecule has 268 valence electrons. The van der Waals surface area contributed by atoms with Crippen LogP contribution in [-0.2, 0) is 34.0 Å². The van der Waals surface area contributed by atoms with E-state index in [1.165, 1.54) is 38.0 Å². The minimum Gasteiger partial charge on any atom is -0.483 e. The SMILES string of the molecule is CC(=O)Oc1ccc2c3c1O[C@H]1[C@H](N(CCCc4ccccc4)C(=O)C=Cc4cccc(C(F)(F)F)c4)CC[C@@]4(O)[C@@H](C2)N(CC2CC2)CC[C@]314. The Balaban J connectivity index is 1.17. The molecule has 2 saturated carbocycles. The van der Waals surface area contributed by atoms with Crippen molar-refractivity contribution in [1.29, 1.82) is 0 Å². The molecule has 2 bridgehead atoms. The maximum absolute atomic E-state index is 14.3. The molecule has 1 amide bonds. The number of rotatable bonds is 10. The third-order valence-corrected chi connectivity index (χ3v) is 12.0. The summed E-state index contributed by atoms with van der Waals surface area (Å²) in [4.78, 5) is 30.8. The number of ether oxygens (including phenoxy) is 2. The largest absolute Gasteiger partial charge is 0.483 e. The first-order chi connectivity index (χ1) is 24.5. The molecule has 3 aromatic carbocycles. The maximum atomic E-state index is 14.3. The Morgan fingerprint density at radius 2 is 1.86 bits per heavy atom. The van der Waals surface area contributed by atoms with E-state index in [-0.39, 0.29) is 17.5 Å². The zero-order chi connectivity index (χ0) is 35.5. The first-order valence-electron chi connectivity index (χ1n) is 18.2. The molecule has 2 aliphatic heterocycles. The lowest BCUT2D eigenvalue weighted by molar-refractivity contribution is -0.201. The molecule has 2 heterocycles. The molecule has 5 aliphatic rings. The van der Waals surface area contributed by atoms with Crippen molar-refractivity contribution in [2.24, 2.45) is 5.92 Å². The number of nitrogens with zero attached hydrogens (tertiary/aromatic N) is 2. The smallest absolute Gasteiger partial charge is 0.416 e. The number of amides is 1. The van der Waals surface area contributed by atoms with Crippen molar-refractivity contribution in [1.82, 2.24) is 9.80 Å². The van der Waals surface area contributed by atoms with Crippen molar-refractivity contribution in [2.75, 3.05) is 19.6 Å². The van der Waals surface area contributed by atoms with Crippen LogP contribution in [0.5, 0.6) is 11.5 Å². The molecule has 1 N–H and O–H groups in total. The summed E-state index contributed by atoms with van der Waals surface area (Å²) >= 11 is 0. The quantitative estimate of drug-likeness (QED) is 0.144. The molecule has 5 atom stereocenters. The number of hydrogen-bond acceptors (Lipinski definition) is 6. The Morgan fingerprint density at radius 3 is 2.61 bits per heavy atom. The number of carbonyl (C=O) groups is 2. The highest BCUT2D eigenvalue weighted by Gasteiger charge is 2.73. The Kier molecular flexibility index (Phi) is 8.53. The molecule has 0 unspecified atom stereocenters. The van der Waals surface area contributed by atoms with Gasteiger partial charge in [0.15, 0.2) is 11.5 Å². The van der Waals surface area contributed by atoms with E-state index in [2.05, 4.69) is 4.90 Å². The summed E-state index contributed by atoms with van der Waals surface area (Å²) in [6, 6.07) is 18.2. The van der Waals surface area contributed by atoms with Crippen molar-refractivity contribution < 1.29 is 37.3 Å². The zero-order valence-corrected chi connectivity index (χ0v) is 28.7. The van der Waals surface area contributed by atoms with Crippen LogP contribution in [0.1, 0.15) is 73.3 Å². The molecular formula is C41H43F3N2O5. The molecule has 3 aromatic rings. The van der Waals surface area contributed by atoms with Gasteiger partial charge in [-0.3, -0.25) is 14.5 Å². The zero-order valence-electron chi connectivity index (χ0n) is 28.7. The van der Waals surface area contributed by atoms with Crippen molar-refractivity contribution in [2.45, 2.75) is 93.7 Å². The number of halogens is 3. The Hall–Kier alpha value is -4.15. The molecule has 0 aromatic heterocycles. The van der Waals surface area contributed by atoms with Crippen LogP contribution in [0.15, 0.2) is 72.8 Å². The third-order valence-electron chi connectivity index (χ3n) is 12.0. The summed E-state index contributed by atoms with van der Waals surface area (Å²) in [5.41, 5.74) is 0.655. The fraction of sp³-hybridized carbons (Fsp3) is 0.463. The number of carbonyl (C=O) groups excluding carboxylic acids is 2. The molecule has 3 aliphatic carbocycles. The average molecular weight is 701 g/mol. The maximum Gasteiger partial charge on any atom is 0.416 e. The van der Waals surface area contributed by atoms with E-state index in [1.807, 2.05) is 41.3 Å². The van der Waals surface area contributed by atoms with E-state index in [9.17, 15) is 27.9 Å². The Labute approximate surface area is 296 Å². The number of hydrogen-bond donors (Lipinski definition) is 1. The average Bonchev–Trinajstić information content (AvgIpc) is 3.85. The fourth-order valence-electron chi connectivity index (χ4n) is 9.62. The summed E-state index contributed by atoms with van der Waals surface area (Å²) in [5, 5.41) is 13.1. The lowest BCUT2D eigenvalue weighted by Crippen LogP contribution is -2.78. The van der Waals surface area contributed by atoms with Gasteiger partial charge in [-0.2, -0.15) is 13.2 Å². The van der Waals surface area contributed by atoms with E-state index < -0.39 is 40.9 Å². The first-order valence-corrected chi connectivity index (χ1v) is 18.2. The molecular weight excluding hydrogens is 657 g/mol. The van der Waals surface area contributed by atoms with Gasteiger partial charge in [0.1, 0.15) is 6.10 Å². The number of likely N-dealkylation sites (tertiary alicyclic amines) is 1. The molecule has 3 fully saturated rings. The van der Waals surface area contributed by atoms with Crippen LogP contribution >= 0.6 is 0 Å². The van der Waals surface area contributed by atoms with Crippen molar-refractivity contribution >= 4 is 18.0 Å². The van der Waals surface area contributed by atoms with Gasteiger partial charge in [0, 0.05) is 37.7 Å². The van der Waals surface area contributed by atoms with Gasteiger partial charge in [-0.15, -0.1) is 0 Å². The number of aliphatic hydroxyl groups is 1. The second-order valence-electron chi connectivity index (χ2n) is 15.0. The van der Waals surface area contributed by atoms with E-state index in [0.717, 1.165) is 48.3 Å². The van der Waals surface area contributed by atoms with Crippen LogP contribution in [0, 0.1) is 5.92 Å². The molecule has 1 spiro atoms. The second-order valence-corrected chi connectivity index (χ2v) is 15.0. The minimum atomic E-state index is -4.50. The highest BCUT2D eigenvalue weighted by molar-refractivity contribution is 5.92. The molecule has 0 radical (unpaired) electrons. The summed E-state index contributed by atoms with van der Waals surface area (Å²) in [6.07, 6.45) is 3.72. The van der Waals surface area contributed by atoms with Crippen LogP contribution in [-0.4, -0.2) is 70.2 Å². The topological polar surface area (TPSA) is 79.3 Å². The summed E-state index contributed by atoms with van der Waals surface area (Å²) in [7, 11) is 0. The normalized spacial score (nSPS) is 27.9. The molecule has 1 saturated heterocycles. The number of esters is 1. The number of alkyl halides is 3. The highest BCUT2D eigenvalue weighted by atomic mass is 19.4. The van der Waals surface area contributed by atoms with Gasteiger partial charge in [-0.25, -0.2) is 0 Å². The predicted molar refractivity (Wildman–Crippen MR) is 185 cm³/mol. The van der Waals surface area contributed by atoms with Crippen LogP contribution in [0.2, 0.25) is 0 Å². The van der Waals surface area contributed by atoms with Crippen molar-refractivity contribution in [3.05, 3.63) is 101 Å². The van der Waals surface area contributed by atoms with Gasteiger partial charge >= 0.3 is 12.1 Å². The van der Waals surface area contributed by atoms with Crippen LogP contribution < -0.4 is 9.47 Å². The Morgan fingerprint density at radius 1 is 1.06 bits per heavy atom. The van der Waals surface area contributed by atoms with Gasteiger partial charge < -0.3 is 19.5 Å². The first kappa shape index (κ1) is 34.0. The lowest BCUT2D eigenvalue weighted by atomic mass is 9.48. The van der Waals surface area contributed by atoms with Crippen LogP contribution in [0.25, 0.3) is 6.08 Å². The second kappa shape index (κ2) is 12.8. The molecule has 8 rings (SSSR count). The minimum absolute atomic E-state index is 0.111. The Bertz CT molecular complexity index is 1860. The van der Waals surface area contributed by atoms with Gasteiger partial charge in [0.2, 0.25) is 5.91 Å². The number of benzene rings is 3. The van der Waals surface area contributed by atoms with Crippen LogP contribution in [0.4, 0.5) is 13.2 Å².